The normalized spacial score (nSPS) is 19.3. The molecule has 4 amide bonds. The molecule has 0 saturated carbocycles. The van der Waals surface area contributed by atoms with Crippen molar-refractivity contribution in [1.82, 2.24) is 20.7 Å². The number of nitrogens with one attached hydrogen (secondary N) is 3. The van der Waals surface area contributed by atoms with Crippen LogP contribution in [0, 0.1) is 0 Å². The smallest absolute Gasteiger partial charge is 0.426 e. The van der Waals surface area contributed by atoms with Gasteiger partial charge in [-0.15, -0.1) is 11.6 Å². The fraction of sp³-hybridized carbons (Fsp3) is 0.457. The molecule has 2 aromatic rings. The van der Waals surface area contributed by atoms with Crippen molar-refractivity contribution in [1.29, 1.82) is 0 Å². The van der Waals surface area contributed by atoms with E-state index in [4.69, 9.17) is 30.2 Å². The Balaban J connectivity index is 1.23. The molecule has 5 rings (SSSR count). The summed E-state index contributed by atoms with van der Waals surface area (Å²) < 4.78 is 21.6. The number of rotatable bonds is 11. The van der Waals surface area contributed by atoms with E-state index < -0.39 is 51.3 Å². The quantitative estimate of drug-likeness (QED) is 0.0526. The number of furan rings is 1. The number of anilines is 1. The van der Waals surface area contributed by atoms with Crippen LogP contribution in [-0.2, 0) is 23.8 Å². The van der Waals surface area contributed by atoms with Gasteiger partial charge in [0.2, 0.25) is 5.91 Å². The van der Waals surface area contributed by atoms with E-state index >= 15 is 0 Å². The minimum absolute atomic E-state index is 0.0348. The third-order valence-electron chi connectivity index (χ3n) is 8.28. The van der Waals surface area contributed by atoms with Crippen LogP contribution in [0.25, 0.3) is 11.0 Å². The molecule has 0 radical (unpaired) electrons. The van der Waals surface area contributed by atoms with Crippen molar-refractivity contribution in [2.24, 2.45) is 0 Å². The molecule has 2 aliphatic carbocycles. The van der Waals surface area contributed by atoms with E-state index in [2.05, 4.69) is 16.3 Å². The SMILES string of the molecule is COC(=O)C1=C[C@]2(OC(=O)N(C)CCSSC(C)(C)CC(=O)NNC(=O)OC(C)(C)C)C=C3C(=C1C2)[C@H](Cl)CN3C(=O)c1cc2cc(NO)ccc2o1. The van der Waals surface area contributed by atoms with Crippen LogP contribution in [-0.4, -0.2) is 99.3 Å². The number of methoxy groups -OCH3 is 1. The van der Waals surface area contributed by atoms with Gasteiger partial charge in [-0.3, -0.25) is 25.7 Å². The lowest BCUT2D eigenvalue weighted by molar-refractivity contribution is -0.135. The number of alkyl halides is 1. The molecule has 4 N–H and O–H groups in total. The summed E-state index contributed by atoms with van der Waals surface area (Å²) in [5.74, 6) is -0.974. The highest BCUT2D eigenvalue weighted by atomic mass is 35.5. The number of carbonyl (C=O) groups excluding carboxylic acids is 5. The van der Waals surface area contributed by atoms with Gasteiger partial charge in [0, 0.05) is 54.6 Å². The Hall–Kier alpha value is -4.32. The van der Waals surface area contributed by atoms with Gasteiger partial charge in [-0.2, -0.15) is 0 Å². The molecule has 1 aromatic heterocycles. The molecule has 2 atom stereocenters. The van der Waals surface area contributed by atoms with Crippen LogP contribution in [0.3, 0.4) is 0 Å². The van der Waals surface area contributed by atoms with Gasteiger partial charge in [-0.25, -0.2) is 19.8 Å². The second-order valence-electron chi connectivity index (χ2n) is 14.3. The lowest BCUT2D eigenvalue weighted by Gasteiger charge is -2.32. The van der Waals surface area contributed by atoms with Crippen LogP contribution in [0.15, 0.2) is 63.3 Å². The molecule has 18 heteroatoms. The maximum Gasteiger partial charge on any atom is 0.426 e. The topological polar surface area (TPSA) is 189 Å². The Kier molecular flexibility index (Phi) is 11.7. The van der Waals surface area contributed by atoms with E-state index in [0.717, 1.165) is 0 Å². The van der Waals surface area contributed by atoms with Gasteiger partial charge in [0.1, 0.15) is 11.2 Å². The van der Waals surface area contributed by atoms with Crippen molar-refractivity contribution >= 4 is 79.8 Å². The van der Waals surface area contributed by atoms with E-state index in [1.165, 1.54) is 44.6 Å². The van der Waals surface area contributed by atoms with Crippen molar-refractivity contribution < 1.29 is 47.8 Å². The fourth-order valence-electron chi connectivity index (χ4n) is 6.00. The standard InChI is InChI=1S/C35H42ClN5O10S2/c1-33(2,3)50-31(45)38-37-27(42)17-34(4,5)53-52-11-10-40(6)32(46)51-35-14-21(22(15-35)30(44)48-7)28-23(36)18-41(24(28)16-35)29(43)26-13-19-12-20(39-47)8-9-25(19)49-26/h8-9,12-13,15-16,23,39,47H,10-11,14,17-18H2,1-7H3,(H,37,42)(H,38,45)/t23-,35+/m1/s1. The molecule has 0 unspecified atom stereocenters. The predicted molar refractivity (Wildman–Crippen MR) is 200 cm³/mol. The first kappa shape index (κ1) is 39.9. The molecule has 3 aliphatic rings. The number of fused-ring (bicyclic) bond motifs is 4. The summed E-state index contributed by atoms with van der Waals surface area (Å²) in [4.78, 5) is 67.4. The fourth-order valence-corrected chi connectivity index (χ4v) is 8.93. The van der Waals surface area contributed by atoms with Gasteiger partial charge in [0.15, 0.2) is 11.4 Å². The molecule has 1 fully saturated rings. The second-order valence-corrected chi connectivity index (χ2v) is 17.9. The molecule has 0 spiro atoms. The van der Waals surface area contributed by atoms with Crippen LogP contribution < -0.4 is 16.3 Å². The number of amides is 4. The number of benzene rings is 1. The Bertz CT molecular complexity index is 1920. The van der Waals surface area contributed by atoms with Crippen LogP contribution in [0.5, 0.6) is 0 Å². The van der Waals surface area contributed by atoms with Gasteiger partial charge >= 0.3 is 18.2 Å². The molecule has 286 valence electrons. The Morgan fingerprint density at radius 1 is 1.11 bits per heavy atom. The van der Waals surface area contributed by atoms with Gasteiger partial charge in [-0.05, 0) is 82.2 Å². The first-order chi connectivity index (χ1) is 24.8. The number of esters is 1. The monoisotopic (exact) mass is 791 g/mol. The molecule has 2 heterocycles. The summed E-state index contributed by atoms with van der Waals surface area (Å²) in [5.41, 5.74) is 7.12. The maximum absolute atomic E-state index is 13.9. The van der Waals surface area contributed by atoms with Crippen molar-refractivity contribution in [2.45, 2.75) is 68.8 Å². The van der Waals surface area contributed by atoms with Crippen LogP contribution in [0.4, 0.5) is 15.3 Å². The minimum atomic E-state index is -1.40. The second kappa shape index (κ2) is 15.6. The average molecular weight is 792 g/mol. The summed E-state index contributed by atoms with van der Waals surface area (Å²) in [6, 6.07) is 6.40. The van der Waals surface area contributed by atoms with E-state index in [-0.39, 0.29) is 30.7 Å². The Morgan fingerprint density at radius 2 is 1.85 bits per heavy atom. The summed E-state index contributed by atoms with van der Waals surface area (Å²) >= 11 is 6.81. The third-order valence-corrected chi connectivity index (χ3v) is 11.9. The number of likely N-dealkylation sites (tertiary alicyclic amines) is 1. The van der Waals surface area contributed by atoms with Crippen LogP contribution in [0.1, 0.15) is 58.0 Å². The van der Waals surface area contributed by atoms with Gasteiger partial charge in [0.05, 0.1) is 23.7 Å². The van der Waals surface area contributed by atoms with Gasteiger partial charge in [-0.1, -0.05) is 21.6 Å². The first-order valence-corrected chi connectivity index (χ1v) is 19.3. The summed E-state index contributed by atoms with van der Waals surface area (Å²) in [5, 5.41) is 9.20. The Morgan fingerprint density at radius 3 is 2.53 bits per heavy atom. The number of hydrazine groups is 1. The van der Waals surface area contributed by atoms with Crippen molar-refractivity contribution in [3.05, 3.63) is 64.6 Å². The number of hydrogen-bond acceptors (Lipinski definition) is 13. The number of carbonyl (C=O) groups is 5. The highest BCUT2D eigenvalue weighted by molar-refractivity contribution is 8.77. The summed E-state index contributed by atoms with van der Waals surface area (Å²) in [7, 11) is 5.76. The highest BCUT2D eigenvalue weighted by Gasteiger charge is 2.51. The lowest BCUT2D eigenvalue weighted by atomic mass is 9.89. The molecule has 1 aliphatic heterocycles. The average Bonchev–Trinajstić information content (AvgIpc) is 3.75. The van der Waals surface area contributed by atoms with Crippen molar-refractivity contribution in [3.63, 3.8) is 0 Å². The van der Waals surface area contributed by atoms with E-state index in [9.17, 15) is 29.2 Å². The summed E-state index contributed by atoms with van der Waals surface area (Å²) in [6.45, 7) is 9.29. The maximum atomic E-state index is 13.9. The number of halogens is 1. The van der Waals surface area contributed by atoms with Gasteiger partial charge in [0.25, 0.3) is 5.91 Å². The van der Waals surface area contributed by atoms with E-state index in [1.807, 2.05) is 13.8 Å². The lowest BCUT2D eigenvalue weighted by Crippen LogP contribution is -2.45. The van der Waals surface area contributed by atoms with Crippen molar-refractivity contribution in [2.75, 3.05) is 38.5 Å². The van der Waals surface area contributed by atoms with Crippen molar-refractivity contribution in [3.8, 4) is 0 Å². The first-order valence-electron chi connectivity index (χ1n) is 16.5. The zero-order valence-corrected chi connectivity index (χ0v) is 32.7. The molecule has 2 bridgehead atoms. The number of nitrogens with zero attached hydrogens (tertiary/aromatic N) is 2. The van der Waals surface area contributed by atoms with Crippen LogP contribution in [0.2, 0.25) is 0 Å². The molecule has 53 heavy (non-hydrogen) atoms. The molecular weight excluding hydrogens is 750 g/mol. The number of hydrogen-bond donors (Lipinski definition) is 4. The largest absolute Gasteiger partial charge is 0.465 e. The molecule has 1 aromatic carbocycles. The highest BCUT2D eigenvalue weighted by Crippen LogP contribution is 2.51. The van der Waals surface area contributed by atoms with Crippen LogP contribution >= 0.6 is 33.2 Å². The molecule has 1 saturated heterocycles. The third kappa shape index (κ3) is 9.26. The van der Waals surface area contributed by atoms with E-state index in [0.29, 0.717) is 45.8 Å². The van der Waals surface area contributed by atoms with Gasteiger partial charge < -0.3 is 28.4 Å². The minimum Gasteiger partial charge on any atom is -0.465 e. The van der Waals surface area contributed by atoms with E-state index in [1.54, 1.807) is 58.2 Å². The molecule has 15 nitrogen and oxygen atoms in total. The zero-order chi connectivity index (χ0) is 38.9. The number of ether oxygens (including phenoxy) is 3. The Labute approximate surface area is 319 Å². The zero-order valence-electron chi connectivity index (χ0n) is 30.3. The molecular formula is C35H42ClN5O10S2. The summed E-state index contributed by atoms with van der Waals surface area (Å²) in [6.07, 6.45) is 1.98. The number of allylic oxidation sites excluding steroid dienone is 1. The predicted octanol–water partition coefficient (Wildman–Crippen LogP) is 5.91.